The van der Waals surface area contributed by atoms with E-state index in [-0.39, 0.29) is 0 Å². The van der Waals surface area contributed by atoms with Crippen LogP contribution in [-0.2, 0) is 0 Å². The molecule has 0 unspecified atom stereocenters. The van der Waals surface area contributed by atoms with Crippen molar-refractivity contribution in [2.45, 2.75) is 0 Å². The van der Waals surface area contributed by atoms with E-state index < -0.39 is 0 Å². The molecule has 0 bridgehead atoms. The van der Waals surface area contributed by atoms with E-state index in [4.69, 9.17) is 0 Å². The quantitative estimate of drug-likeness (QED) is 0.323. The minimum atomic E-state index is 1.15. The summed E-state index contributed by atoms with van der Waals surface area (Å²) >= 11 is 0. The molecule has 0 N–H and O–H groups in total. The van der Waals surface area contributed by atoms with Crippen LogP contribution in [0.25, 0.3) is 43.8 Å². The fourth-order valence-corrected chi connectivity index (χ4v) is 3.67. The predicted molar refractivity (Wildman–Crippen MR) is 111 cm³/mol. The minimum Gasteiger partial charge on any atom is -0.0622 e. The lowest BCUT2D eigenvalue weighted by molar-refractivity contribution is 1.61. The fraction of sp³-hybridized carbons (Fsp3) is 0. The van der Waals surface area contributed by atoms with E-state index in [0.29, 0.717) is 0 Å². The van der Waals surface area contributed by atoms with Crippen LogP contribution in [0.2, 0.25) is 0 Å². The third-order valence-electron chi connectivity index (χ3n) is 4.93. The molecule has 0 heterocycles. The molecule has 0 fully saturated rings. The van der Waals surface area contributed by atoms with Crippen LogP contribution in [0.5, 0.6) is 0 Å². The molecule has 0 atom stereocenters. The van der Waals surface area contributed by atoms with Crippen molar-refractivity contribution in [2.75, 3.05) is 0 Å². The second kappa shape index (κ2) is 6.16. The molecule has 1 radical (unpaired) electrons. The maximum atomic E-state index is 3.67. The zero-order valence-corrected chi connectivity index (χ0v) is 14.3. The summed E-state index contributed by atoms with van der Waals surface area (Å²) in [6.45, 7) is 0. The summed E-state index contributed by atoms with van der Waals surface area (Å²) in [4.78, 5) is 0. The van der Waals surface area contributed by atoms with Gasteiger partial charge >= 0.3 is 0 Å². The first-order valence-electron chi connectivity index (χ1n) is 8.89. The number of hydrogen-bond acceptors (Lipinski definition) is 0. The molecule has 0 amide bonds. The molecular weight excluding hydrogens is 312 g/mol. The second-order valence-corrected chi connectivity index (χ2v) is 6.54. The maximum absolute atomic E-state index is 3.67. The number of hydrogen-bond donors (Lipinski definition) is 0. The summed E-state index contributed by atoms with van der Waals surface area (Å²) in [6, 6.07) is 40.1. The van der Waals surface area contributed by atoms with Crippen LogP contribution in [0.4, 0.5) is 0 Å². The lowest BCUT2D eigenvalue weighted by Gasteiger charge is -2.14. The van der Waals surface area contributed by atoms with Crippen molar-refractivity contribution in [3.63, 3.8) is 0 Å². The topological polar surface area (TPSA) is 0 Å². The highest BCUT2D eigenvalue weighted by atomic mass is 14.1. The smallest absolute Gasteiger partial charge is 0.000786 e. The van der Waals surface area contributed by atoms with Crippen molar-refractivity contribution in [1.29, 1.82) is 0 Å². The molecule has 5 aromatic rings. The average molecular weight is 329 g/mol. The first-order valence-corrected chi connectivity index (χ1v) is 8.89. The Morgan fingerprint density at radius 3 is 2.08 bits per heavy atom. The van der Waals surface area contributed by atoms with Crippen LogP contribution in [0.1, 0.15) is 0 Å². The summed E-state index contributed by atoms with van der Waals surface area (Å²) in [5, 5.41) is 4.90. The van der Waals surface area contributed by atoms with Crippen LogP contribution in [0.3, 0.4) is 0 Å². The van der Waals surface area contributed by atoms with Gasteiger partial charge < -0.3 is 0 Å². The highest BCUT2D eigenvalue weighted by Gasteiger charge is 2.12. The van der Waals surface area contributed by atoms with E-state index in [2.05, 4.69) is 109 Å². The Labute approximate surface area is 153 Å². The first-order chi connectivity index (χ1) is 12.9. The molecule has 121 valence electrons. The lowest BCUT2D eigenvalue weighted by atomic mass is 9.89. The van der Waals surface area contributed by atoms with Gasteiger partial charge in [-0.15, -0.1) is 0 Å². The molecule has 0 aliphatic carbocycles. The monoisotopic (exact) mass is 329 g/mol. The Morgan fingerprint density at radius 1 is 0.500 bits per heavy atom. The maximum Gasteiger partial charge on any atom is -0.000786 e. The summed E-state index contributed by atoms with van der Waals surface area (Å²) < 4.78 is 0. The van der Waals surface area contributed by atoms with Crippen LogP contribution < -0.4 is 0 Å². The molecule has 0 heteroatoms. The van der Waals surface area contributed by atoms with Crippen molar-refractivity contribution >= 4 is 21.5 Å². The van der Waals surface area contributed by atoms with Gasteiger partial charge in [-0.25, -0.2) is 0 Å². The normalized spacial score (nSPS) is 11.1. The van der Waals surface area contributed by atoms with Crippen LogP contribution in [0.15, 0.2) is 103 Å². The number of fused-ring (bicyclic) bond motifs is 2. The van der Waals surface area contributed by atoms with Crippen LogP contribution in [0, 0.1) is 6.07 Å². The summed E-state index contributed by atoms with van der Waals surface area (Å²) in [7, 11) is 0. The molecule has 5 aromatic carbocycles. The Balaban J connectivity index is 1.89. The zero-order valence-electron chi connectivity index (χ0n) is 14.3. The van der Waals surface area contributed by atoms with E-state index in [1.54, 1.807) is 0 Å². The SMILES string of the molecule is [c]1c(-c2ccccc2)c(-c2cccc3ccccc23)cc2ccccc12. The molecular formula is C26H17. The molecule has 0 saturated heterocycles. The van der Waals surface area contributed by atoms with Crippen molar-refractivity contribution in [1.82, 2.24) is 0 Å². The highest BCUT2D eigenvalue weighted by Crippen LogP contribution is 2.38. The summed E-state index contributed by atoms with van der Waals surface area (Å²) in [5.41, 5.74) is 4.83. The number of rotatable bonds is 2. The van der Waals surface area contributed by atoms with Gasteiger partial charge in [-0.05, 0) is 55.9 Å². The molecule has 0 nitrogen and oxygen atoms in total. The van der Waals surface area contributed by atoms with Crippen molar-refractivity contribution in [3.05, 3.63) is 109 Å². The van der Waals surface area contributed by atoms with E-state index in [0.717, 1.165) is 10.9 Å². The van der Waals surface area contributed by atoms with E-state index in [1.807, 2.05) is 0 Å². The predicted octanol–water partition coefficient (Wildman–Crippen LogP) is 7.13. The molecule has 0 spiro atoms. The van der Waals surface area contributed by atoms with Crippen molar-refractivity contribution < 1.29 is 0 Å². The van der Waals surface area contributed by atoms with Gasteiger partial charge in [0, 0.05) is 0 Å². The van der Waals surface area contributed by atoms with Gasteiger partial charge in [-0.3, -0.25) is 0 Å². The Bertz CT molecular complexity index is 1210. The fourth-order valence-electron chi connectivity index (χ4n) is 3.67. The summed E-state index contributed by atoms with van der Waals surface area (Å²) in [5.74, 6) is 0. The van der Waals surface area contributed by atoms with Crippen molar-refractivity contribution in [3.8, 4) is 22.3 Å². The summed E-state index contributed by atoms with van der Waals surface area (Å²) in [6.07, 6.45) is 0. The van der Waals surface area contributed by atoms with Gasteiger partial charge in [0.2, 0.25) is 0 Å². The third kappa shape index (κ3) is 2.48. The van der Waals surface area contributed by atoms with Crippen LogP contribution in [-0.4, -0.2) is 0 Å². The Morgan fingerprint density at radius 2 is 1.19 bits per heavy atom. The van der Waals surface area contributed by atoms with E-state index in [1.165, 1.54) is 32.8 Å². The molecule has 0 aromatic heterocycles. The zero-order chi connectivity index (χ0) is 17.3. The van der Waals surface area contributed by atoms with Crippen molar-refractivity contribution in [2.24, 2.45) is 0 Å². The van der Waals surface area contributed by atoms with Gasteiger partial charge in [0.05, 0.1) is 0 Å². The van der Waals surface area contributed by atoms with E-state index >= 15 is 0 Å². The van der Waals surface area contributed by atoms with Gasteiger partial charge in [-0.1, -0.05) is 97.1 Å². The van der Waals surface area contributed by atoms with E-state index in [9.17, 15) is 0 Å². The third-order valence-corrected chi connectivity index (χ3v) is 4.93. The lowest BCUT2D eigenvalue weighted by Crippen LogP contribution is -1.88. The standard InChI is InChI=1S/C26H17/c1-2-9-20(10-3-1)25-17-21-12-4-5-13-22(21)18-26(25)24-16-8-14-19-11-6-7-15-23(19)24/h1-16,18H. The van der Waals surface area contributed by atoms with Gasteiger partial charge in [0.1, 0.15) is 0 Å². The first kappa shape index (κ1) is 14.9. The molecule has 26 heavy (non-hydrogen) atoms. The average Bonchev–Trinajstić information content (AvgIpc) is 2.73. The highest BCUT2D eigenvalue weighted by molar-refractivity contribution is 6.04. The molecule has 5 rings (SSSR count). The van der Waals surface area contributed by atoms with Gasteiger partial charge in [0.25, 0.3) is 0 Å². The number of benzene rings is 5. The Hall–Kier alpha value is -3.38. The largest absolute Gasteiger partial charge is 0.0622 e. The molecule has 0 aliphatic heterocycles. The van der Waals surface area contributed by atoms with Gasteiger partial charge in [-0.2, -0.15) is 0 Å². The van der Waals surface area contributed by atoms with Gasteiger partial charge in [0.15, 0.2) is 0 Å². The molecule has 0 saturated carbocycles. The minimum absolute atomic E-state index is 1.15. The second-order valence-electron chi connectivity index (χ2n) is 6.54. The Kier molecular flexibility index (Phi) is 3.54. The molecule has 0 aliphatic rings. The van der Waals surface area contributed by atoms with Crippen LogP contribution >= 0.6 is 0 Å².